The van der Waals surface area contributed by atoms with Crippen LogP contribution in [0.2, 0.25) is 5.02 Å². The number of halogens is 1. The number of carbonyl (C=O) groups is 2. The minimum atomic E-state index is -0.348. The zero-order valence-electron chi connectivity index (χ0n) is 15.1. The number of amides is 2. The minimum Gasteiger partial charge on any atom is -0.347 e. The van der Waals surface area contributed by atoms with Gasteiger partial charge in [-0.05, 0) is 44.5 Å². The molecule has 0 saturated heterocycles. The van der Waals surface area contributed by atoms with Crippen LogP contribution in [0.4, 0.5) is 5.69 Å². The van der Waals surface area contributed by atoms with E-state index in [1.165, 1.54) is 11.8 Å². The molecule has 0 aliphatic heterocycles. The van der Waals surface area contributed by atoms with Gasteiger partial charge in [-0.1, -0.05) is 41.9 Å². The highest BCUT2D eigenvalue weighted by atomic mass is 35.5. The van der Waals surface area contributed by atoms with Crippen molar-refractivity contribution in [2.24, 2.45) is 0 Å². The lowest BCUT2D eigenvalue weighted by molar-refractivity contribution is -0.113. The summed E-state index contributed by atoms with van der Waals surface area (Å²) in [6, 6.07) is 14.6. The van der Waals surface area contributed by atoms with Crippen LogP contribution in [0.3, 0.4) is 0 Å². The van der Waals surface area contributed by atoms with Crippen molar-refractivity contribution < 1.29 is 9.59 Å². The van der Waals surface area contributed by atoms with Crippen molar-refractivity contribution in [2.75, 3.05) is 11.1 Å². The summed E-state index contributed by atoms with van der Waals surface area (Å²) in [7, 11) is 0. The van der Waals surface area contributed by atoms with E-state index in [0.717, 1.165) is 5.56 Å². The Morgan fingerprint density at radius 3 is 2.38 bits per heavy atom. The highest BCUT2D eigenvalue weighted by Crippen LogP contribution is 2.21. The van der Waals surface area contributed by atoms with Crippen molar-refractivity contribution in [3.63, 3.8) is 0 Å². The molecule has 0 unspecified atom stereocenters. The van der Waals surface area contributed by atoms with Crippen LogP contribution >= 0.6 is 23.4 Å². The molecule has 0 heterocycles. The third-order valence-electron chi connectivity index (χ3n) is 3.38. The Labute approximate surface area is 163 Å². The molecule has 138 valence electrons. The molecule has 2 aromatic carbocycles. The summed E-state index contributed by atoms with van der Waals surface area (Å²) in [4.78, 5) is 24.7. The summed E-state index contributed by atoms with van der Waals surface area (Å²) >= 11 is 7.59. The summed E-state index contributed by atoms with van der Waals surface area (Å²) < 4.78 is 0. The van der Waals surface area contributed by atoms with Gasteiger partial charge in [0.15, 0.2) is 0 Å². The number of para-hydroxylation sites is 1. The molecule has 2 N–H and O–H groups in total. The Morgan fingerprint density at radius 1 is 1.04 bits per heavy atom. The van der Waals surface area contributed by atoms with E-state index >= 15 is 0 Å². The van der Waals surface area contributed by atoms with E-state index in [-0.39, 0.29) is 23.1 Å². The lowest BCUT2D eigenvalue weighted by atomic mass is 10.1. The predicted octanol–water partition coefficient (Wildman–Crippen LogP) is 4.74. The monoisotopic (exact) mass is 390 g/mol. The van der Waals surface area contributed by atoms with Gasteiger partial charge in [0.05, 0.1) is 17.0 Å². The van der Waals surface area contributed by atoms with Crippen molar-refractivity contribution in [3.8, 4) is 0 Å². The molecule has 2 amide bonds. The molecule has 2 aromatic rings. The topological polar surface area (TPSA) is 58.2 Å². The SMILES string of the molecule is CC(C)(C)NC(=O)c1ccccc1NC(=O)CSCc1ccccc1Cl. The number of thioether (sulfide) groups is 1. The molecule has 2 rings (SSSR count). The Bertz CT molecular complexity index is 787. The Kier molecular flexibility index (Phi) is 7.12. The normalized spacial score (nSPS) is 11.1. The smallest absolute Gasteiger partial charge is 0.253 e. The summed E-state index contributed by atoms with van der Waals surface area (Å²) in [5.74, 6) is 0.565. The second-order valence-electron chi connectivity index (χ2n) is 6.88. The molecular weight excluding hydrogens is 368 g/mol. The van der Waals surface area contributed by atoms with Crippen LogP contribution in [-0.4, -0.2) is 23.1 Å². The number of rotatable bonds is 6. The molecule has 0 aliphatic rings. The summed E-state index contributed by atoms with van der Waals surface area (Å²) in [5.41, 5.74) is 1.61. The van der Waals surface area contributed by atoms with Gasteiger partial charge in [-0.25, -0.2) is 0 Å². The number of hydrogen-bond acceptors (Lipinski definition) is 3. The first-order valence-corrected chi connectivity index (χ1v) is 9.82. The summed E-state index contributed by atoms with van der Waals surface area (Å²) in [5, 5.41) is 6.43. The average molecular weight is 391 g/mol. The first kappa shape index (κ1) is 20.3. The lowest BCUT2D eigenvalue weighted by Crippen LogP contribution is -2.40. The van der Waals surface area contributed by atoms with Crippen LogP contribution in [0, 0.1) is 0 Å². The second-order valence-corrected chi connectivity index (χ2v) is 8.27. The van der Waals surface area contributed by atoms with E-state index in [9.17, 15) is 9.59 Å². The van der Waals surface area contributed by atoms with Gasteiger partial charge in [0.1, 0.15) is 0 Å². The van der Waals surface area contributed by atoms with Gasteiger partial charge in [0.2, 0.25) is 5.91 Å². The molecule has 0 fully saturated rings. The first-order valence-electron chi connectivity index (χ1n) is 8.29. The molecule has 0 saturated carbocycles. The third-order valence-corrected chi connectivity index (χ3v) is 4.73. The van der Waals surface area contributed by atoms with Gasteiger partial charge < -0.3 is 10.6 Å². The molecule has 0 radical (unpaired) electrons. The first-order chi connectivity index (χ1) is 12.3. The van der Waals surface area contributed by atoms with Gasteiger partial charge in [-0.15, -0.1) is 11.8 Å². The van der Waals surface area contributed by atoms with Crippen molar-refractivity contribution in [2.45, 2.75) is 32.1 Å². The lowest BCUT2D eigenvalue weighted by Gasteiger charge is -2.21. The fraction of sp³-hybridized carbons (Fsp3) is 0.300. The number of carbonyl (C=O) groups excluding carboxylic acids is 2. The van der Waals surface area contributed by atoms with E-state index in [1.54, 1.807) is 24.3 Å². The number of hydrogen-bond donors (Lipinski definition) is 2. The zero-order valence-corrected chi connectivity index (χ0v) is 16.7. The molecule has 0 bridgehead atoms. The van der Waals surface area contributed by atoms with E-state index in [0.29, 0.717) is 22.0 Å². The van der Waals surface area contributed by atoms with Crippen LogP contribution in [0.1, 0.15) is 36.7 Å². The van der Waals surface area contributed by atoms with Gasteiger partial charge >= 0.3 is 0 Å². The average Bonchev–Trinajstić information content (AvgIpc) is 2.55. The van der Waals surface area contributed by atoms with Gasteiger partial charge in [-0.3, -0.25) is 9.59 Å². The highest BCUT2D eigenvalue weighted by molar-refractivity contribution is 7.99. The highest BCUT2D eigenvalue weighted by Gasteiger charge is 2.18. The summed E-state index contributed by atoms with van der Waals surface area (Å²) in [6.45, 7) is 5.74. The number of benzene rings is 2. The van der Waals surface area contributed by atoms with Crippen LogP contribution in [0.15, 0.2) is 48.5 Å². The van der Waals surface area contributed by atoms with E-state index in [2.05, 4.69) is 10.6 Å². The molecule has 6 heteroatoms. The van der Waals surface area contributed by atoms with Crippen molar-refractivity contribution in [1.29, 1.82) is 0 Å². The fourth-order valence-electron chi connectivity index (χ4n) is 2.25. The van der Waals surface area contributed by atoms with Crippen molar-refractivity contribution in [1.82, 2.24) is 5.32 Å². The zero-order chi connectivity index (χ0) is 19.2. The van der Waals surface area contributed by atoms with E-state index < -0.39 is 0 Å². The van der Waals surface area contributed by atoms with Crippen LogP contribution in [0.5, 0.6) is 0 Å². The molecule has 0 spiro atoms. The van der Waals surface area contributed by atoms with Crippen LogP contribution in [-0.2, 0) is 10.5 Å². The molecule has 0 atom stereocenters. The Balaban J connectivity index is 1.95. The van der Waals surface area contributed by atoms with Crippen LogP contribution in [0.25, 0.3) is 0 Å². The number of anilines is 1. The molecular formula is C20H23ClN2O2S. The fourth-order valence-corrected chi connectivity index (χ4v) is 3.37. The Hall–Kier alpha value is -1.98. The maximum absolute atomic E-state index is 12.4. The molecule has 4 nitrogen and oxygen atoms in total. The van der Waals surface area contributed by atoms with Crippen molar-refractivity contribution >= 4 is 40.9 Å². The predicted molar refractivity (Wildman–Crippen MR) is 110 cm³/mol. The quantitative estimate of drug-likeness (QED) is 0.748. The number of nitrogens with one attached hydrogen (secondary N) is 2. The molecule has 0 aromatic heterocycles. The van der Waals surface area contributed by atoms with Crippen LogP contribution < -0.4 is 10.6 Å². The van der Waals surface area contributed by atoms with Gasteiger partial charge in [0, 0.05) is 16.3 Å². The Morgan fingerprint density at radius 2 is 1.69 bits per heavy atom. The third kappa shape index (κ3) is 6.39. The largest absolute Gasteiger partial charge is 0.347 e. The van der Waals surface area contributed by atoms with Gasteiger partial charge in [-0.2, -0.15) is 0 Å². The van der Waals surface area contributed by atoms with E-state index in [4.69, 9.17) is 11.6 Å². The minimum absolute atomic E-state index is 0.155. The second kappa shape index (κ2) is 9.10. The van der Waals surface area contributed by atoms with E-state index in [1.807, 2.05) is 45.0 Å². The molecule has 26 heavy (non-hydrogen) atoms. The maximum Gasteiger partial charge on any atom is 0.253 e. The molecule has 0 aliphatic carbocycles. The maximum atomic E-state index is 12.4. The van der Waals surface area contributed by atoms with Crippen molar-refractivity contribution in [3.05, 3.63) is 64.7 Å². The van der Waals surface area contributed by atoms with Gasteiger partial charge in [0.25, 0.3) is 5.91 Å². The summed E-state index contributed by atoms with van der Waals surface area (Å²) in [6.07, 6.45) is 0. The standard InChI is InChI=1S/C20H23ClN2O2S/c1-20(2,3)23-19(25)15-9-5-7-11-17(15)22-18(24)13-26-12-14-8-4-6-10-16(14)21/h4-11H,12-13H2,1-3H3,(H,22,24)(H,23,25).